The summed E-state index contributed by atoms with van der Waals surface area (Å²) in [5.41, 5.74) is 3.61. The van der Waals surface area contributed by atoms with Gasteiger partial charge in [-0.05, 0) is 42.5 Å². The van der Waals surface area contributed by atoms with E-state index in [0.29, 0.717) is 26.2 Å². The van der Waals surface area contributed by atoms with Crippen molar-refractivity contribution in [3.05, 3.63) is 45.6 Å². The van der Waals surface area contributed by atoms with Crippen molar-refractivity contribution in [2.45, 2.75) is 18.7 Å². The lowest BCUT2D eigenvalue weighted by molar-refractivity contribution is -0.134. The van der Waals surface area contributed by atoms with Crippen LogP contribution in [-0.2, 0) is 19.6 Å². The monoisotopic (exact) mass is 437 g/mol. The average molecular weight is 438 g/mol. The van der Waals surface area contributed by atoms with Gasteiger partial charge in [0.25, 0.3) is 5.91 Å². The topological polar surface area (TPSA) is 110 Å². The molecule has 8 nitrogen and oxygen atoms in total. The molecule has 1 amide bonds. The molecular weight excluding hydrogens is 414 g/mol. The van der Waals surface area contributed by atoms with E-state index in [1.807, 2.05) is 6.07 Å². The lowest BCUT2D eigenvalue weighted by Crippen LogP contribution is -2.50. The second-order valence-corrected chi connectivity index (χ2v) is 9.27. The van der Waals surface area contributed by atoms with Crippen molar-refractivity contribution in [1.29, 1.82) is 0 Å². The van der Waals surface area contributed by atoms with Crippen LogP contribution in [0.5, 0.6) is 0 Å². The summed E-state index contributed by atoms with van der Waals surface area (Å²) in [5.74, 6) is -1.18. The molecule has 0 radical (unpaired) electrons. The summed E-state index contributed by atoms with van der Waals surface area (Å²) in [6.45, 7) is 6.12. The van der Waals surface area contributed by atoms with E-state index in [0.717, 1.165) is 17.0 Å². The van der Waals surface area contributed by atoms with E-state index in [2.05, 4.69) is 30.9 Å². The van der Waals surface area contributed by atoms with E-state index in [4.69, 9.17) is 9.88 Å². The van der Waals surface area contributed by atoms with Gasteiger partial charge in [0.15, 0.2) is 6.61 Å². The molecule has 29 heavy (non-hydrogen) atoms. The molecule has 0 atom stereocenters. The van der Waals surface area contributed by atoms with Gasteiger partial charge in [-0.2, -0.15) is 0 Å². The lowest BCUT2D eigenvalue weighted by atomic mass is 10.1. The third kappa shape index (κ3) is 4.77. The molecule has 1 fully saturated rings. The minimum Gasteiger partial charge on any atom is -0.451 e. The van der Waals surface area contributed by atoms with E-state index in [-0.39, 0.29) is 15.7 Å². The molecule has 1 saturated heterocycles. The maximum atomic E-state index is 12.4. The number of primary sulfonamides is 1. The number of aryl methyl sites for hydroxylation is 1. The van der Waals surface area contributed by atoms with Gasteiger partial charge in [0.1, 0.15) is 9.77 Å². The Morgan fingerprint density at radius 3 is 2.48 bits per heavy atom. The maximum Gasteiger partial charge on any atom is 0.350 e. The van der Waals surface area contributed by atoms with Crippen LogP contribution >= 0.6 is 11.3 Å². The van der Waals surface area contributed by atoms with Crippen LogP contribution < -0.4 is 10.0 Å². The second-order valence-electron chi connectivity index (χ2n) is 6.82. The van der Waals surface area contributed by atoms with Gasteiger partial charge in [0.05, 0.1) is 0 Å². The average Bonchev–Trinajstić information content (AvgIpc) is 3.19. The van der Waals surface area contributed by atoms with Crippen LogP contribution in [0.2, 0.25) is 0 Å². The molecule has 156 valence electrons. The van der Waals surface area contributed by atoms with Crippen molar-refractivity contribution in [2.75, 3.05) is 37.7 Å². The summed E-state index contributed by atoms with van der Waals surface area (Å²) < 4.78 is 28.0. The van der Waals surface area contributed by atoms with Crippen LogP contribution in [0, 0.1) is 13.8 Å². The third-order valence-corrected chi connectivity index (χ3v) is 6.97. The Kier molecular flexibility index (Phi) is 6.25. The van der Waals surface area contributed by atoms with Crippen LogP contribution in [0.4, 0.5) is 5.69 Å². The number of ether oxygens (including phenoxy) is 1. The van der Waals surface area contributed by atoms with Gasteiger partial charge in [-0.25, -0.2) is 18.4 Å². The number of benzene rings is 1. The van der Waals surface area contributed by atoms with Gasteiger partial charge in [0, 0.05) is 31.9 Å². The fourth-order valence-electron chi connectivity index (χ4n) is 3.23. The molecule has 1 aromatic carbocycles. The first-order valence-corrected chi connectivity index (χ1v) is 11.5. The second kappa shape index (κ2) is 8.52. The first-order chi connectivity index (χ1) is 13.7. The first-order valence-electron chi connectivity index (χ1n) is 9.05. The van der Waals surface area contributed by atoms with Crippen LogP contribution in [0.1, 0.15) is 20.8 Å². The highest BCUT2D eigenvalue weighted by molar-refractivity contribution is 7.89. The highest BCUT2D eigenvalue weighted by atomic mass is 32.2. The molecule has 1 aliphatic rings. The summed E-state index contributed by atoms with van der Waals surface area (Å²) in [6, 6.07) is 7.41. The molecule has 2 heterocycles. The van der Waals surface area contributed by atoms with Crippen LogP contribution in [-0.4, -0.2) is 58.0 Å². The molecule has 0 bridgehead atoms. The van der Waals surface area contributed by atoms with Crippen LogP contribution in [0.3, 0.4) is 0 Å². The van der Waals surface area contributed by atoms with Gasteiger partial charge >= 0.3 is 5.97 Å². The molecule has 1 aliphatic heterocycles. The van der Waals surface area contributed by atoms with Gasteiger partial charge in [-0.1, -0.05) is 12.1 Å². The number of hydrogen-bond donors (Lipinski definition) is 1. The summed E-state index contributed by atoms with van der Waals surface area (Å²) in [5, 5.41) is 6.52. The van der Waals surface area contributed by atoms with Gasteiger partial charge < -0.3 is 14.5 Å². The van der Waals surface area contributed by atoms with Gasteiger partial charge in [-0.3, -0.25) is 4.79 Å². The SMILES string of the molecule is Cc1cccc(N2CCN(C(=O)COC(=O)c3sccc3S(N)(=O)=O)CC2)c1C. The number of sulfonamides is 1. The summed E-state index contributed by atoms with van der Waals surface area (Å²) >= 11 is 0.907. The Morgan fingerprint density at radius 2 is 1.83 bits per heavy atom. The minimum absolute atomic E-state index is 0.125. The molecular formula is C19H23N3O5S2. The number of amides is 1. The number of esters is 1. The minimum atomic E-state index is -4.02. The van der Waals surface area contributed by atoms with Gasteiger partial charge in [-0.15, -0.1) is 11.3 Å². The number of anilines is 1. The Bertz CT molecular complexity index is 1020. The van der Waals surface area contributed by atoms with E-state index in [1.54, 1.807) is 4.90 Å². The fraction of sp³-hybridized carbons (Fsp3) is 0.368. The number of nitrogens with two attached hydrogens (primary N) is 1. The number of nitrogens with zero attached hydrogens (tertiary/aromatic N) is 2. The molecule has 3 rings (SSSR count). The number of thiophene rings is 1. The predicted molar refractivity (Wildman–Crippen MR) is 111 cm³/mol. The molecule has 2 aromatic rings. The van der Waals surface area contributed by atoms with Crippen LogP contribution in [0.15, 0.2) is 34.5 Å². The molecule has 0 unspecified atom stereocenters. The summed E-state index contributed by atoms with van der Waals surface area (Å²) in [7, 11) is -4.02. The Morgan fingerprint density at radius 1 is 1.14 bits per heavy atom. The van der Waals surface area contributed by atoms with Crippen molar-refractivity contribution < 1.29 is 22.7 Å². The molecule has 1 aromatic heterocycles. The summed E-state index contributed by atoms with van der Waals surface area (Å²) in [4.78, 5) is 28.0. The number of carbonyl (C=O) groups excluding carboxylic acids is 2. The quantitative estimate of drug-likeness (QED) is 0.710. The van der Waals surface area contributed by atoms with E-state index >= 15 is 0 Å². The number of rotatable bonds is 5. The van der Waals surface area contributed by atoms with Gasteiger partial charge in [0.2, 0.25) is 10.0 Å². The normalized spacial score (nSPS) is 14.7. The zero-order chi connectivity index (χ0) is 21.2. The Labute approximate surface area is 173 Å². The molecule has 0 saturated carbocycles. The zero-order valence-electron chi connectivity index (χ0n) is 16.3. The summed E-state index contributed by atoms with van der Waals surface area (Å²) in [6.07, 6.45) is 0. The number of hydrogen-bond acceptors (Lipinski definition) is 7. The molecule has 10 heteroatoms. The van der Waals surface area contributed by atoms with E-state index in [9.17, 15) is 18.0 Å². The highest BCUT2D eigenvalue weighted by Crippen LogP contribution is 2.24. The molecule has 0 spiro atoms. The third-order valence-electron chi connectivity index (χ3n) is 5.00. The largest absolute Gasteiger partial charge is 0.451 e. The number of carbonyl (C=O) groups is 2. The molecule has 0 aliphatic carbocycles. The van der Waals surface area contributed by atoms with Crippen molar-refractivity contribution in [1.82, 2.24) is 4.90 Å². The maximum absolute atomic E-state index is 12.4. The predicted octanol–water partition coefficient (Wildman–Crippen LogP) is 1.52. The van der Waals surface area contributed by atoms with E-state index in [1.165, 1.54) is 22.6 Å². The van der Waals surface area contributed by atoms with Crippen molar-refractivity contribution in [2.24, 2.45) is 5.14 Å². The van der Waals surface area contributed by atoms with Crippen molar-refractivity contribution in [3.8, 4) is 0 Å². The zero-order valence-corrected chi connectivity index (χ0v) is 17.9. The van der Waals surface area contributed by atoms with Crippen molar-refractivity contribution in [3.63, 3.8) is 0 Å². The van der Waals surface area contributed by atoms with Crippen LogP contribution in [0.25, 0.3) is 0 Å². The molecule has 2 N–H and O–H groups in total. The Hall–Kier alpha value is -2.43. The standard InChI is InChI=1S/C19H23N3O5S2/c1-13-4-3-5-15(14(13)2)21-7-9-22(10-8-21)17(23)12-27-19(24)18-16(6-11-28-18)29(20,25)26/h3-6,11H,7-10,12H2,1-2H3,(H2,20,25,26). The first kappa shape index (κ1) is 21.3. The smallest absolute Gasteiger partial charge is 0.350 e. The highest BCUT2D eigenvalue weighted by Gasteiger charge is 2.26. The lowest BCUT2D eigenvalue weighted by Gasteiger charge is -2.37. The van der Waals surface area contributed by atoms with Crippen molar-refractivity contribution >= 4 is 38.9 Å². The fourth-order valence-corrected chi connectivity index (χ4v) is 5.09. The Balaban J connectivity index is 1.55. The number of piperazine rings is 1. The van der Waals surface area contributed by atoms with E-state index < -0.39 is 22.6 Å².